The third kappa shape index (κ3) is 2.53. The van der Waals surface area contributed by atoms with E-state index in [0.717, 1.165) is 0 Å². The minimum Gasteiger partial charge on any atom is -0.369 e. The van der Waals surface area contributed by atoms with Gasteiger partial charge in [-0.2, -0.15) is 0 Å². The van der Waals surface area contributed by atoms with Crippen molar-refractivity contribution in [2.45, 2.75) is 32.4 Å². The number of nitrogens with one attached hydrogen (secondary N) is 1. The molecule has 2 aliphatic rings. The van der Waals surface area contributed by atoms with Gasteiger partial charge in [-0.05, 0) is 30.9 Å². The second kappa shape index (κ2) is 5.15. The molecule has 2 unspecified atom stereocenters. The summed E-state index contributed by atoms with van der Waals surface area (Å²) < 4.78 is 0. The maximum absolute atomic E-state index is 12.6. The third-order valence-electron chi connectivity index (χ3n) is 4.76. The van der Waals surface area contributed by atoms with Crippen LogP contribution >= 0.6 is 0 Å². The Balaban J connectivity index is 1.69. The number of nitrogens with zero attached hydrogens (tertiary/aromatic N) is 1. The minimum atomic E-state index is -0.581. The fraction of sp³-hybridized carbons (Fsp3) is 0.500. The normalized spacial score (nSPS) is 28.2. The van der Waals surface area contributed by atoms with Crippen molar-refractivity contribution in [1.29, 1.82) is 0 Å². The largest absolute Gasteiger partial charge is 0.369 e. The van der Waals surface area contributed by atoms with Crippen molar-refractivity contribution in [3.05, 3.63) is 35.4 Å². The quantitative estimate of drug-likeness (QED) is 0.828. The fourth-order valence-corrected chi connectivity index (χ4v) is 3.20. The minimum absolute atomic E-state index is 0.0782. The van der Waals surface area contributed by atoms with Gasteiger partial charge in [0.15, 0.2) is 0 Å². The Kier molecular flexibility index (Phi) is 3.45. The topological polar surface area (TPSA) is 75.4 Å². The molecule has 1 fully saturated rings. The Labute approximate surface area is 124 Å². The molecule has 2 amide bonds. The Morgan fingerprint density at radius 3 is 2.71 bits per heavy atom. The lowest BCUT2D eigenvalue weighted by molar-refractivity contribution is -0.133. The number of likely N-dealkylation sites (tertiary alicyclic amines) is 1. The Morgan fingerprint density at radius 1 is 1.33 bits per heavy atom. The molecule has 0 aromatic heterocycles. The van der Waals surface area contributed by atoms with Gasteiger partial charge in [0.25, 0.3) is 0 Å². The molecule has 2 atom stereocenters. The van der Waals surface area contributed by atoms with Crippen LogP contribution in [0.25, 0.3) is 0 Å². The number of hydrogen-bond donors (Lipinski definition) is 2. The van der Waals surface area contributed by atoms with Crippen LogP contribution in [-0.4, -0.2) is 35.8 Å². The molecule has 3 rings (SSSR count). The van der Waals surface area contributed by atoms with Crippen LogP contribution in [0.5, 0.6) is 0 Å². The van der Waals surface area contributed by atoms with Gasteiger partial charge in [0.2, 0.25) is 11.8 Å². The predicted molar refractivity (Wildman–Crippen MR) is 79.3 cm³/mol. The highest BCUT2D eigenvalue weighted by atomic mass is 16.2. The van der Waals surface area contributed by atoms with Gasteiger partial charge in [0, 0.05) is 19.6 Å². The number of rotatable bonds is 2. The van der Waals surface area contributed by atoms with E-state index in [0.29, 0.717) is 32.5 Å². The summed E-state index contributed by atoms with van der Waals surface area (Å²) in [7, 11) is 0. The first kappa shape index (κ1) is 14.1. The van der Waals surface area contributed by atoms with Gasteiger partial charge in [-0.15, -0.1) is 0 Å². The van der Waals surface area contributed by atoms with Crippen molar-refractivity contribution in [3.8, 4) is 0 Å². The van der Waals surface area contributed by atoms with Crippen LogP contribution in [0.3, 0.4) is 0 Å². The molecule has 2 aliphatic heterocycles. The molecule has 5 nitrogen and oxygen atoms in total. The van der Waals surface area contributed by atoms with Gasteiger partial charge in [-0.25, -0.2) is 0 Å². The number of primary amides is 1. The van der Waals surface area contributed by atoms with Crippen molar-refractivity contribution in [2.75, 3.05) is 13.1 Å². The van der Waals surface area contributed by atoms with Gasteiger partial charge < -0.3 is 16.0 Å². The standard InChI is InChI=1S/C16H21N3O2/c1-16(15(17)21)6-7-19(10-16)14(20)13-8-11-4-2-3-5-12(11)9-18-13/h2-5,13,18H,6-10H2,1H3,(H2,17,21). The second-order valence-corrected chi connectivity index (χ2v) is 6.34. The van der Waals surface area contributed by atoms with Crippen molar-refractivity contribution in [1.82, 2.24) is 10.2 Å². The van der Waals surface area contributed by atoms with Gasteiger partial charge >= 0.3 is 0 Å². The van der Waals surface area contributed by atoms with E-state index in [4.69, 9.17) is 5.73 Å². The summed E-state index contributed by atoms with van der Waals surface area (Å²) in [5.41, 5.74) is 7.35. The van der Waals surface area contributed by atoms with Crippen LogP contribution in [-0.2, 0) is 22.6 Å². The predicted octanol–water partition coefficient (Wildman–Crippen LogP) is 0.425. The van der Waals surface area contributed by atoms with Gasteiger partial charge in [-0.1, -0.05) is 24.3 Å². The molecule has 5 heteroatoms. The van der Waals surface area contributed by atoms with E-state index in [1.54, 1.807) is 4.90 Å². The summed E-state index contributed by atoms with van der Waals surface area (Å²) in [5, 5.41) is 3.30. The van der Waals surface area contributed by atoms with Crippen LogP contribution in [0.2, 0.25) is 0 Å². The zero-order valence-corrected chi connectivity index (χ0v) is 12.3. The Morgan fingerprint density at radius 2 is 2.05 bits per heavy atom. The summed E-state index contributed by atoms with van der Waals surface area (Å²) in [6.45, 7) is 3.60. The van der Waals surface area contributed by atoms with E-state index in [-0.39, 0.29) is 17.9 Å². The molecule has 0 bridgehead atoms. The summed E-state index contributed by atoms with van der Waals surface area (Å²) >= 11 is 0. The summed E-state index contributed by atoms with van der Waals surface area (Å²) in [5.74, 6) is -0.241. The van der Waals surface area contributed by atoms with Crippen LogP contribution in [0, 0.1) is 5.41 Å². The van der Waals surface area contributed by atoms with Crippen LogP contribution in [0.1, 0.15) is 24.5 Å². The van der Waals surface area contributed by atoms with Gasteiger partial charge in [0.1, 0.15) is 0 Å². The highest BCUT2D eigenvalue weighted by Gasteiger charge is 2.42. The number of hydrogen-bond acceptors (Lipinski definition) is 3. The highest BCUT2D eigenvalue weighted by Crippen LogP contribution is 2.30. The van der Waals surface area contributed by atoms with E-state index in [9.17, 15) is 9.59 Å². The molecule has 1 aromatic carbocycles. The first-order valence-electron chi connectivity index (χ1n) is 7.38. The van der Waals surface area contributed by atoms with Crippen LogP contribution < -0.4 is 11.1 Å². The van der Waals surface area contributed by atoms with Crippen molar-refractivity contribution >= 4 is 11.8 Å². The molecule has 0 radical (unpaired) electrons. The lowest BCUT2D eigenvalue weighted by Gasteiger charge is -2.29. The Hall–Kier alpha value is -1.88. The first-order chi connectivity index (χ1) is 9.99. The van der Waals surface area contributed by atoms with Gasteiger partial charge in [0.05, 0.1) is 11.5 Å². The smallest absolute Gasteiger partial charge is 0.240 e. The number of benzene rings is 1. The van der Waals surface area contributed by atoms with Crippen molar-refractivity contribution < 1.29 is 9.59 Å². The fourth-order valence-electron chi connectivity index (χ4n) is 3.20. The van der Waals surface area contributed by atoms with Gasteiger partial charge in [-0.3, -0.25) is 9.59 Å². The monoisotopic (exact) mass is 287 g/mol. The van der Waals surface area contributed by atoms with E-state index < -0.39 is 5.41 Å². The summed E-state index contributed by atoms with van der Waals surface area (Å²) in [6.07, 6.45) is 1.36. The third-order valence-corrected chi connectivity index (χ3v) is 4.76. The number of amides is 2. The molecular weight excluding hydrogens is 266 g/mol. The number of fused-ring (bicyclic) bond motifs is 1. The molecule has 1 aromatic rings. The Bertz CT molecular complexity index is 587. The molecule has 3 N–H and O–H groups in total. The average Bonchev–Trinajstić information content (AvgIpc) is 2.90. The molecule has 1 saturated heterocycles. The lowest BCUT2D eigenvalue weighted by Crippen LogP contribution is -2.49. The second-order valence-electron chi connectivity index (χ2n) is 6.34. The van der Waals surface area contributed by atoms with E-state index in [2.05, 4.69) is 17.4 Å². The van der Waals surface area contributed by atoms with E-state index in [1.165, 1.54) is 11.1 Å². The average molecular weight is 287 g/mol. The zero-order chi connectivity index (χ0) is 15.0. The molecule has 2 heterocycles. The van der Waals surface area contributed by atoms with Crippen molar-refractivity contribution in [2.24, 2.45) is 11.1 Å². The van der Waals surface area contributed by atoms with Crippen LogP contribution in [0.15, 0.2) is 24.3 Å². The first-order valence-corrected chi connectivity index (χ1v) is 7.38. The molecule has 0 spiro atoms. The van der Waals surface area contributed by atoms with Crippen LogP contribution in [0.4, 0.5) is 0 Å². The van der Waals surface area contributed by atoms with E-state index >= 15 is 0 Å². The SMILES string of the molecule is CC1(C(N)=O)CCN(C(=O)C2Cc3ccccc3CN2)C1. The molecule has 0 saturated carbocycles. The van der Waals surface area contributed by atoms with Crippen molar-refractivity contribution in [3.63, 3.8) is 0 Å². The number of carbonyl (C=O) groups excluding carboxylic acids is 2. The zero-order valence-electron chi connectivity index (χ0n) is 12.3. The number of nitrogens with two attached hydrogens (primary N) is 1. The number of carbonyl (C=O) groups is 2. The summed E-state index contributed by atoms with van der Waals surface area (Å²) in [4.78, 5) is 25.9. The van der Waals surface area contributed by atoms with E-state index in [1.807, 2.05) is 19.1 Å². The molecule has 112 valence electrons. The molecule has 0 aliphatic carbocycles. The maximum Gasteiger partial charge on any atom is 0.240 e. The molecular formula is C16H21N3O2. The molecule has 21 heavy (non-hydrogen) atoms. The summed E-state index contributed by atoms with van der Waals surface area (Å²) in [6, 6.07) is 7.99. The maximum atomic E-state index is 12.6. The lowest BCUT2D eigenvalue weighted by atomic mass is 9.89. The highest BCUT2D eigenvalue weighted by molar-refractivity contribution is 5.86.